The number of halogens is 2. The van der Waals surface area contributed by atoms with Crippen LogP contribution in [0.4, 0.5) is 8.78 Å². The lowest BCUT2D eigenvalue weighted by Crippen LogP contribution is -2.47. The van der Waals surface area contributed by atoms with E-state index in [9.17, 15) is 13.6 Å². The van der Waals surface area contributed by atoms with E-state index in [4.69, 9.17) is 5.73 Å². The summed E-state index contributed by atoms with van der Waals surface area (Å²) in [6, 6.07) is 0. The summed E-state index contributed by atoms with van der Waals surface area (Å²) in [7, 11) is 0. The standard InChI is InChI=1S/C7H12F2N2O/c8-7(9)2-1-3-11(5-7)6(12)4-10/h1-5,10H2. The van der Waals surface area contributed by atoms with E-state index in [0.29, 0.717) is 13.0 Å². The Morgan fingerprint density at radius 2 is 2.25 bits per heavy atom. The number of amides is 1. The molecule has 0 saturated carbocycles. The van der Waals surface area contributed by atoms with Gasteiger partial charge in [0.25, 0.3) is 5.92 Å². The maximum absolute atomic E-state index is 12.7. The summed E-state index contributed by atoms with van der Waals surface area (Å²) in [4.78, 5) is 12.1. The van der Waals surface area contributed by atoms with E-state index in [-0.39, 0.29) is 13.0 Å². The molecule has 5 heteroatoms. The summed E-state index contributed by atoms with van der Waals surface area (Å²) in [6.07, 6.45) is 0.236. The van der Waals surface area contributed by atoms with Crippen LogP contribution >= 0.6 is 0 Å². The number of nitrogens with two attached hydrogens (primary N) is 1. The van der Waals surface area contributed by atoms with E-state index in [1.54, 1.807) is 0 Å². The van der Waals surface area contributed by atoms with Gasteiger partial charge in [-0.05, 0) is 6.42 Å². The third-order valence-electron chi connectivity index (χ3n) is 1.92. The van der Waals surface area contributed by atoms with Crippen LogP contribution in [-0.4, -0.2) is 36.4 Å². The first-order valence-corrected chi connectivity index (χ1v) is 3.91. The van der Waals surface area contributed by atoms with Crippen molar-refractivity contribution < 1.29 is 13.6 Å². The Balaban J connectivity index is 2.52. The number of piperidine rings is 1. The summed E-state index contributed by atoms with van der Waals surface area (Å²) < 4.78 is 25.4. The van der Waals surface area contributed by atoms with Crippen LogP contribution in [-0.2, 0) is 4.79 Å². The van der Waals surface area contributed by atoms with Crippen LogP contribution in [0.2, 0.25) is 0 Å². The lowest BCUT2D eigenvalue weighted by Gasteiger charge is -2.32. The molecule has 1 fully saturated rings. The molecule has 0 aromatic heterocycles. The Hall–Kier alpha value is -0.710. The SMILES string of the molecule is NCC(=O)N1CCCC(F)(F)C1. The number of rotatable bonds is 1. The lowest BCUT2D eigenvalue weighted by molar-refractivity contribution is -0.140. The molecular weight excluding hydrogens is 166 g/mol. The first-order chi connectivity index (χ1) is 5.55. The summed E-state index contributed by atoms with van der Waals surface area (Å²) in [5.74, 6) is -3.11. The van der Waals surface area contributed by atoms with E-state index < -0.39 is 18.4 Å². The first-order valence-electron chi connectivity index (χ1n) is 3.91. The molecule has 1 saturated heterocycles. The van der Waals surface area contributed by atoms with E-state index in [1.807, 2.05) is 0 Å². The third kappa shape index (κ3) is 2.14. The largest absolute Gasteiger partial charge is 0.336 e. The summed E-state index contributed by atoms with van der Waals surface area (Å²) in [5.41, 5.74) is 5.06. The van der Waals surface area contributed by atoms with E-state index in [2.05, 4.69) is 0 Å². The Morgan fingerprint density at radius 1 is 1.58 bits per heavy atom. The second kappa shape index (κ2) is 3.35. The fraction of sp³-hybridized carbons (Fsp3) is 0.857. The van der Waals surface area contributed by atoms with Crippen molar-refractivity contribution >= 4 is 5.91 Å². The van der Waals surface area contributed by atoms with Crippen LogP contribution in [0.3, 0.4) is 0 Å². The smallest absolute Gasteiger partial charge is 0.265 e. The molecular formula is C7H12F2N2O. The number of carbonyl (C=O) groups excluding carboxylic acids is 1. The van der Waals surface area contributed by atoms with E-state index in [1.165, 1.54) is 0 Å². The van der Waals surface area contributed by atoms with Gasteiger partial charge in [-0.2, -0.15) is 0 Å². The summed E-state index contributed by atoms with van der Waals surface area (Å²) in [5, 5.41) is 0. The van der Waals surface area contributed by atoms with Crippen LogP contribution in [0.5, 0.6) is 0 Å². The molecule has 0 aromatic carbocycles. The molecule has 12 heavy (non-hydrogen) atoms. The van der Waals surface area contributed by atoms with Gasteiger partial charge in [-0.25, -0.2) is 8.78 Å². The maximum Gasteiger partial charge on any atom is 0.265 e. The van der Waals surface area contributed by atoms with E-state index in [0.717, 1.165) is 4.90 Å². The summed E-state index contributed by atoms with van der Waals surface area (Å²) in [6.45, 7) is -0.245. The Labute approximate surface area is 69.5 Å². The Bertz CT molecular complexity index is 184. The van der Waals surface area contributed by atoms with Crippen LogP contribution < -0.4 is 5.73 Å². The predicted octanol–water partition coefficient (Wildman–Crippen LogP) is 0.203. The molecule has 0 aliphatic carbocycles. The average Bonchev–Trinajstić information content (AvgIpc) is 2.01. The average molecular weight is 178 g/mol. The molecule has 0 radical (unpaired) electrons. The zero-order valence-corrected chi connectivity index (χ0v) is 6.72. The molecule has 0 bridgehead atoms. The van der Waals surface area contributed by atoms with Gasteiger partial charge in [-0.3, -0.25) is 4.79 Å². The third-order valence-corrected chi connectivity index (χ3v) is 1.92. The van der Waals surface area contributed by atoms with Crippen molar-refractivity contribution in [3.63, 3.8) is 0 Å². The van der Waals surface area contributed by atoms with Gasteiger partial charge in [-0.15, -0.1) is 0 Å². The van der Waals surface area contributed by atoms with Crippen LogP contribution in [0, 0.1) is 0 Å². The highest BCUT2D eigenvalue weighted by molar-refractivity contribution is 5.78. The molecule has 1 aliphatic rings. The van der Waals surface area contributed by atoms with Gasteiger partial charge in [0.2, 0.25) is 5.91 Å². The number of likely N-dealkylation sites (tertiary alicyclic amines) is 1. The van der Waals surface area contributed by atoms with Crippen molar-refractivity contribution in [3.8, 4) is 0 Å². The van der Waals surface area contributed by atoms with Crippen molar-refractivity contribution in [2.24, 2.45) is 5.73 Å². The topological polar surface area (TPSA) is 46.3 Å². The minimum atomic E-state index is -2.72. The lowest BCUT2D eigenvalue weighted by atomic mass is 10.1. The maximum atomic E-state index is 12.7. The fourth-order valence-corrected chi connectivity index (χ4v) is 1.31. The zero-order valence-electron chi connectivity index (χ0n) is 6.72. The van der Waals surface area contributed by atoms with Gasteiger partial charge in [-0.1, -0.05) is 0 Å². The second-order valence-electron chi connectivity index (χ2n) is 2.98. The number of hydrogen-bond donors (Lipinski definition) is 1. The predicted molar refractivity (Wildman–Crippen MR) is 39.8 cm³/mol. The van der Waals surface area contributed by atoms with Gasteiger partial charge in [0.1, 0.15) is 0 Å². The van der Waals surface area contributed by atoms with Gasteiger partial charge in [0, 0.05) is 13.0 Å². The molecule has 1 heterocycles. The monoisotopic (exact) mass is 178 g/mol. The number of nitrogens with zero attached hydrogens (tertiary/aromatic N) is 1. The van der Waals surface area contributed by atoms with Crippen LogP contribution in [0.15, 0.2) is 0 Å². The van der Waals surface area contributed by atoms with Crippen molar-refractivity contribution in [2.45, 2.75) is 18.8 Å². The number of hydrogen-bond acceptors (Lipinski definition) is 2. The number of alkyl halides is 2. The quantitative estimate of drug-likeness (QED) is 0.623. The molecule has 1 rings (SSSR count). The minimum Gasteiger partial charge on any atom is -0.336 e. The fourth-order valence-electron chi connectivity index (χ4n) is 1.31. The highest BCUT2D eigenvalue weighted by Gasteiger charge is 2.36. The minimum absolute atomic E-state index is 0.124. The normalized spacial score (nSPS) is 22.4. The molecule has 3 nitrogen and oxygen atoms in total. The molecule has 1 amide bonds. The summed E-state index contributed by atoms with van der Waals surface area (Å²) >= 11 is 0. The Morgan fingerprint density at radius 3 is 2.75 bits per heavy atom. The van der Waals surface area contributed by atoms with Gasteiger partial charge in [0.05, 0.1) is 13.1 Å². The molecule has 70 valence electrons. The molecule has 0 atom stereocenters. The first kappa shape index (κ1) is 9.38. The van der Waals surface area contributed by atoms with Crippen molar-refractivity contribution in [3.05, 3.63) is 0 Å². The van der Waals surface area contributed by atoms with Gasteiger partial charge < -0.3 is 10.6 Å². The molecule has 0 aromatic rings. The molecule has 0 spiro atoms. The molecule has 2 N–H and O–H groups in total. The second-order valence-corrected chi connectivity index (χ2v) is 2.98. The zero-order chi connectivity index (χ0) is 9.19. The number of carbonyl (C=O) groups is 1. The van der Waals surface area contributed by atoms with E-state index >= 15 is 0 Å². The van der Waals surface area contributed by atoms with Crippen molar-refractivity contribution in [2.75, 3.05) is 19.6 Å². The van der Waals surface area contributed by atoms with Crippen LogP contribution in [0.1, 0.15) is 12.8 Å². The highest BCUT2D eigenvalue weighted by atomic mass is 19.3. The Kier molecular flexibility index (Phi) is 2.62. The highest BCUT2D eigenvalue weighted by Crippen LogP contribution is 2.26. The van der Waals surface area contributed by atoms with Crippen molar-refractivity contribution in [1.29, 1.82) is 0 Å². The van der Waals surface area contributed by atoms with Crippen molar-refractivity contribution in [1.82, 2.24) is 4.90 Å². The van der Waals surface area contributed by atoms with Gasteiger partial charge >= 0.3 is 0 Å². The van der Waals surface area contributed by atoms with Crippen LogP contribution in [0.25, 0.3) is 0 Å². The molecule has 0 unspecified atom stereocenters. The molecule has 1 aliphatic heterocycles. The van der Waals surface area contributed by atoms with Gasteiger partial charge in [0.15, 0.2) is 0 Å².